The van der Waals surface area contributed by atoms with Crippen LogP contribution in [-0.2, 0) is 0 Å². The van der Waals surface area contributed by atoms with Crippen molar-refractivity contribution in [2.45, 2.75) is 6.04 Å². The van der Waals surface area contributed by atoms with Crippen molar-refractivity contribution in [1.29, 1.82) is 0 Å². The van der Waals surface area contributed by atoms with E-state index in [-0.39, 0.29) is 6.04 Å². The van der Waals surface area contributed by atoms with E-state index in [1.807, 2.05) is 16.8 Å². The monoisotopic (exact) mass is 316 g/mol. The molecule has 0 bridgehead atoms. The number of benzene rings is 1. The number of aromatic nitrogens is 4. The van der Waals surface area contributed by atoms with Gasteiger partial charge in [-0.15, -0.1) is 5.10 Å². The molecule has 7 nitrogen and oxygen atoms in total. The van der Waals surface area contributed by atoms with Gasteiger partial charge >= 0.3 is 0 Å². The predicted molar refractivity (Wildman–Crippen MR) is 83.2 cm³/mol. The average Bonchev–Trinajstić information content (AvgIpc) is 2.77. The topological polar surface area (TPSA) is 90.9 Å². The van der Waals surface area contributed by atoms with Crippen LogP contribution in [0.25, 0.3) is 11.0 Å². The first-order valence-corrected chi connectivity index (χ1v) is 7.23. The Hall–Kier alpha value is -2.38. The lowest BCUT2D eigenvalue weighted by Gasteiger charge is -2.27. The van der Waals surface area contributed by atoms with Gasteiger partial charge in [-0.25, -0.2) is 14.6 Å². The molecule has 4 rings (SSSR count). The number of nitrogens with zero attached hydrogens (tertiary/aromatic N) is 4. The molecule has 22 heavy (non-hydrogen) atoms. The Bertz CT molecular complexity index is 844. The van der Waals surface area contributed by atoms with Gasteiger partial charge in [-0.05, 0) is 18.2 Å². The lowest BCUT2D eigenvalue weighted by atomic mass is 10.2. The Morgan fingerprint density at radius 1 is 1.32 bits per heavy atom. The van der Waals surface area contributed by atoms with Crippen LogP contribution in [0.5, 0.6) is 11.6 Å². The zero-order chi connectivity index (χ0) is 15.1. The first kappa shape index (κ1) is 13.3. The minimum Gasteiger partial charge on any atom is -0.437 e. The van der Waals surface area contributed by atoms with E-state index >= 15 is 0 Å². The fourth-order valence-electron chi connectivity index (χ4n) is 2.38. The van der Waals surface area contributed by atoms with E-state index in [1.165, 1.54) is 6.33 Å². The molecular weight excluding hydrogens is 304 g/mol. The molecule has 0 spiro atoms. The second kappa shape index (κ2) is 5.11. The molecule has 1 aliphatic heterocycles. The maximum atomic E-state index is 5.99. The number of anilines is 1. The number of nitrogens with one attached hydrogen (secondary N) is 1. The van der Waals surface area contributed by atoms with Crippen LogP contribution in [0, 0.1) is 0 Å². The predicted octanol–water partition coefficient (Wildman–Crippen LogP) is 2.00. The third kappa shape index (κ3) is 2.15. The number of rotatable bonds is 3. The molecule has 0 radical (unpaired) electrons. The SMILES string of the molecule is Nc1ncnc2c1c(Oc1cccc(Cl)c1)nn2C1CNC1. The summed E-state index contributed by atoms with van der Waals surface area (Å²) in [6.45, 7) is 1.69. The van der Waals surface area contributed by atoms with E-state index in [1.54, 1.807) is 12.1 Å². The highest BCUT2D eigenvalue weighted by Gasteiger charge is 2.26. The first-order chi connectivity index (χ1) is 10.7. The summed E-state index contributed by atoms with van der Waals surface area (Å²) in [5, 5.41) is 8.95. The lowest BCUT2D eigenvalue weighted by Crippen LogP contribution is -2.43. The van der Waals surface area contributed by atoms with E-state index in [4.69, 9.17) is 22.1 Å². The number of ether oxygens (including phenoxy) is 1. The number of nitrogen functional groups attached to an aromatic ring is 1. The molecule has 0 unspecified atom stereocenters. The van der Waals surface area contributed by atoms with Gasteiger partial charge in [-0.1, -0.05) is 17.7 Å². The van der Waals surface area contributed by atoms with Gasteiger partial charge < -0.3 is 15.8 Å². The summed E-state index contributed by atoms with van der Waals surface area (Å²) in [5.74, 6) is 1.33. The van der Waals surface area contributed by atoms with Crippen LogP contribution in [0.3, 0.4) is 0 Å². The standard InChI is InChI=1S/C14H13ClN6O/c15-8-2-1-3-10(4-8)22-14-11-12(16)18-7-19-13(11)21(20-14)9-5-17-6-9/h1-4,7,9,17H,5-6H2,(H2,16,18,19). The third-order valence-electron chi connectivity index (χ3n) is 3.60. The van der Waals surface area contributed by atoms with Crippen LogP contribution in [0.2, 0.25) is 5.02 Å². The summed E-state index contributed by atoms with van der Waals surface area (Å²) < 4.78 is 7.69. The highest BCUT2D eigenvalue weighted by atomic mass is 35.5. The Morgan fingerprint density at radius 2 is 2.18 bits per heavy atom. The summed E-state index contributed by atoms with van der Waals surface area (Å²) in [4.78, 5) is 8.34. The van der Waals surface area contributed by atoms with E-state index in [0.717, 1.165) is 13.1 Å². The molecule has 2 aromatic heterocycles. The second-order valence-electron chi connectivity index (χ2n) is 5.08. The van der Waals surface area contributed by atoms with Gasteiger partial charge in [0.05, 0.1) is 6.04 Å². The molecular formula is C14H13ClN6O. The Kier molecular flexibility index (Phi) is 3.09. The maximum absolute atomic E-state index is 5.99. The summed E-state index contributed by atoms with van der Waals surface area (Å²) in [7, 11) is 0. The zero-order valence-corrected chi connectivity index (χ0v) is 12.3. The molecule has 112 valence electrons. The highest BCUT2D eigenvalue weighted by molar-refractivity contribution is 6.30. The lowest BCUT2D eigenvalue weighted by molar-refractivity contribution is 0.317. The molecule has 0 aliphatic carbocycles. The fraction of sp³-hybridized carbons (Fsp3) is 0.214. The van der Waals surface area contributed by atoms with Crippen molar-refractivity contribution >= 4 is 28.5 Å². The van der Waals surface area contributed by atoms with Crippen LogP contribution in [0.1, 0.15) is 6.04 Å². The van der Waals surface area contributed by atoms with Crippen molar-refractivity contribution in [3.63, 3.8) is 0 Å². The van der Waals surface area contributed by atoms with Gasteiger partial charge in [0.2, 0.25) is 0 Å². The van der Waals surface area contributed by atoms with Crippen LogP contribution in [-0.4, -0.2) is 32.8 Å². The summed E-state index contributed by atoms with van der Waals surface area (Å²) in [6.07, 6.45) is 1.44. The fourth-order valence-corrected chi connectivity index (χ4v) is 2.56. The Morgan fingerprint density at radius 3 is 2.91 bits per heavy atom. The van der Waals surface area contributed by atoms with Crippen molar-refractivity contribution < 1.29 is 4.74 Å². The second-order valence-corrected chi connectivity index (χ2v) is 5.52. The zero-order valence-electron chi connectivity index (χ0n) is 11.5. The quantitative estimate of drug-likeness (QED) is 0.768. The molecule has 1 aromatic carbocycles. The number of halogens is 1. The van der Waals surface area contributed by atoms with Gasteiger partial charge in [-0.3, -0.25) is 0 Å². The molecule has 3 heterocycles. The number of nitrogens with two attached hydrogens (primary N) is 1. The molecule has 1 fully saturated rings. The molecule has 1 saturated heterocycles. The van der Waals surface area contributed by atoms with Crippen LogP contribution >= 0.6 is 11.6 Å². The molecule has 0 amide bonds. The smallest absolute Gasteiger partial charge is 0.251 e. The molecule has 0 saturated carbocycles. The van der Waals surface area contributed by atoms with Gasteiger partial charge in [0.25, 0.3) is 5.88 Å². The highest BCUT2D eigenvalue weighted by Crippen LogP contribution is 2.33. The summed E-state index contributed by atoms with van der Waals surface area (Å²) >= 11 is 5.98. The largest absolute Gasteiger partial charge is 0.437 e. The van der Waals surface area contributed by atoms with Gasteiger partial charge in [0.1, 0.15) is 23.3 Å². The van der Waals surface area contributed by atoms with Crippen molar-refractivity contribution in [2.75, 3.05) is 18.8 Å². The molecule has 3 aromatic rings. The van der Waals surface area contributed by atoms with Gasteiger partial charge in [0.15, 0.2) is 5.65 Å². The molecule has 3 N–H and O–H groups in total. The van der Waals surface area contributed by atoms with E-state index in [2.05, 4.69) is 20.4 Å². The van der Waals surface area contributed by atoms with Crippen molar-refractivity contribution in [1.82, 2.24) is 25.1 Å². The van der Waals surface area contributed by atoms with Crippen LogP contribution in [0.15, 0.2) is 30.6 Å². The maximum Gasteiger partial charge on any atom is 0.251 e. The van der Waals surface area contributed by atoms with Crippen molar-refractivity contribution in [2.24, 2.45) is 0 Å². The minimum absolute atomic E-state index is 0.244. The average molecular weight is 317 g/mol. The van der Waals surface area contributed by atoms with Gasteiger partial charge in [-0.2, -0.15) is 0 Å². The number of hydrogen-bond acceptors (Lipinski definition) is 6. The van der Waals surface area contributed by atoms with Crippen molar-refractivity contribution in [3.05, 3.63) is 35.6 Å². The van der Waals surface area contributed by atoms with Crippen LogP contribution in [0.4, 0.5) is 5.82 Å². The molecule has 1 aliphatic rings. The third-order valence-corrected chi connectivity index (χ3v) is 3.84. The molecule has 0 atom stereocenters. The normalized spacial score (nSPS) is 15.0. The van der Waals surface area contributed by atoms with Crippen molar-refractivity contribution in [3.8, 4) is 11.6 Å². The Labute approximate surface area is 131 Å². The minimum atomic E-state index is 0.244. The summed E-state index contributed by atoms with van der Waals surface area (Å²) in [6, 6.07) is 7.36. The van der Waals surface area contributed by atoms with E-state index < -0.39 is 0 Å². The summed E-state index contributed by atoms with van der Waals surface area (Å²) in [5.41, 5.74) is 6.66. The number of fused-ring (bicyclic) bond motifs is 1. The van der Waals surface area contributed by atoms with Gasteiger partial charge in [0, 0.05) is 18.1 Å². The molecule has 8 heteroatoms. The Balaban J connectivity index is 1.82. The van der Waals surface area contributed by atoms with Crippen LogP contribution < -0.4 is 15.8 Å². The van der Waals surface area contributed by atoms with E-state index in [0.29, 0.717) is 33.5 Å². The van der Waals surface area contributed by atoms with E-state index in [9.17, 15) is 0 Å². The number of hydrogen-bond donors (Lipinski definition) is 2. The first-order valence-electron chi connectivity index (χ1n) is 6.85.